The minimum atomic E-state index is -3.96. The van der Waals surface area contributed by atoms with E-state index in [1.165, 1.54) is 18.8 Å². The number of nitrogens with zero attached hydrogens (tertiary/aromatic N) is 1. The summed E-state index contributed by atoms with van der Waals surface area (Å²) in [6.45, 7) is 0.347. The van der Waals surface area contributed by atoms with Gasteiger partial charge in [0.05, 0.1) is 0 Å². The first-order valence-electron chi connectivity index (χ1n) is 2.66. The van der Waals surface area contributed by atoms with Gasteiger partial charge in [-0.25, -0.2) is 0 Å². The zero-order valence-corrected chi connectivity index (χ0v) is 7.57. The van der Waals surface area contributed by atoms with E-state index in [1.807, 2.05) is 6.26 Å². The molecule has 62 valence electrons. The van der Waals surface area contributed by atoms with Crippen LogP contribution in [0.4, 0.5) is 0 Å². The number of hydrogen-bond acceptors (Lipinski definition) is 3. The van der Waals surface area contributed by atoms with Gasteiger partial charge in [0, 0.05) is 19.3 Å². The van der Waals surface area contributed by atoms with Crippen LogP contribution in [-0.2, 0) is 10.3 Å². The molecule has 0 spiro atoms. The van der Waals surface area contributed by atoms with Gasteiger partial charge in [-0.15, -0.1) is 0 Å². The molecule has 0 saturated carbocycles. The SMILES string of the molecule is CSCCN(C)S(=O)(=O)O. The third-order valence-electron chi connectivity index (χ3n) is 1.00. The lowest BCUT2D eigenvalue weighted by molar-refractivity contribution is 0.397. The molecule has 0 bridgehead atoms. The Hall–Kier alpha value is 0.220. The molecule has 0 saturated heterocycles. The lowest BCUT2D eigenvalue weighted by Gasteiger charge is -2.10. The molecule has 1 N–H and O–H groups in total. The Morgan fingerprint density at radius 3 is 2.40 bits per heavy atom. The highest BCUT2D eigenvalue weighted by molar-refractivity contribution is 7.98. The van der Waals surface area contributed by atoms with E-state index in [1.54, 1.807) is 0 Å². The van der Waals surface area contributed by atoms with Crippen LogP contribution in [0.25, 0.3) is 0 Å². The molecular formula is C4H11NO3S2. The van der Waals surface area contributed by atoms with Crippen LogP contribution in [-0.4, -0.2) is 42.9 Å². The van der Waals surface area contributed by atoms with Gasteiger partial charge in [-0.3, -0.25) is 4.55 Å². The molecule has 4 nitrogen and oxygen atoms in total. The average molecular weight is 185 g/mol. The quantitative estimate of drug-likeness (QED) is 0.630. The Kier molecular flexibility index (Phi) is 4.26. The third-order valence-corrected chi connectivity index (χ3v) is 2.57. The van der Waals surface area contributed by atoms with Gasteiger partial charge < -0.3 is 0 Å². The molecule has 0 heterocycles. The van der Waals surface area contributed by atoms with Crippen molar-refractivity contribution in [2.45, 2.75) is 0 Å². The van der Waals surface area contributed by atoms with Gasteiger partial charge in [-0.2, -0.15) is 24.5 Å². The van der Waals surface area contributed by atoms with E-state index >= 15 is 0 Å². The van der Waals surface area contributed by atoms with Crippen molar-refractivity contribution in [1.82, 2.24) is 4.31 Å². The molecule has 0 aliphatic heterocycles. The average Bonchev–Trinajstić information content (AvgIpc) is 1.80. The van der Waals surface area contributed by atoms with Crippen LogP contribution in [0.5, 0.6) is 0 Å². The maximum absolute atomic E-state index is 10.3. The summed E-state index contributed by atoms with van der Waals surface area (Å²) in [6, 6.07) is 0. The Morgan fingerprint density at radius 1 is 1.60 bits per heavy atom. The molecule has 10 heavy (non-hydrogen) atoms. The standard InChI is InChI=1S/C4H11NO3S2/c1-5(3-4-9-2)10(6,7)8/h3-4H2,1-2H3,(H,6,7,8). The Labute approximate surface area is 65.5 Å². The second kappa shape index (κ2) is 4.17. The summed E-state index contributed by atoms with van der Waals surface area (Å²) in [6.07, 6.45) is 1.87. The van der Waals surface area contributed by atoms with Gasteiger partial charge >= 0.3 is 10.3 Å². The maximum Gasteiger partial charge on any atom is 0.335 e. The zero-order valence-electron chi connectivity index (χ0n) is 5.94. The molecule has 0 radical (unpaired) electrons. The molecule has 0 aliphatic rings. The molecule has 0 atom stereocenters. The second-order valence-corrected chi connectivity index (χ2v) is 4.30. The van der Waals surface area contributed by atoms with E-state index in [2.05, 4.69) is 0 Å². The zero-order chi connectivity index (χ0) is 8.20. The summed E-state index contributed by atoms with van der Waals surface area (Å²) in [5.74, 6) is 0.691. The van der Waals surface area contributed by atoms with E-state index in [4.69, 9.17) is 4.55 Å². The minimum absolute atomic E-state index is 0.347. The van der Waals surface area contributed by atoms with Crippen molar-refractivity contribution in [2.24, 2.45) is 0 Å². The van der Waals surface area contributed by atoms with Crippen LogP contribution in [0, 0.1) is 0 Å². The predicted molar refractivity (Wildman–Crippen MR) is 42.6 cm³/mol. The second-order valence-electron chi connectivity index (χ2n) is 1.79. The topological polar surface area (TPSA) is 57.6 Å². The van der Waals surface area contributed by atoms with Crippen molar-refractivity contribution in [1.29, 1.82) is 0 Å². The summed E-state index contributed by atoms with van der Waals surface area (Å²) < 4.78 is 29.9. The predicted octanol–water partition coefficient (Wildman–Crippen LogP) is 0.0840. The monoisotopic (exact) mass is 185 g/mol. The van der Waals surface area contributed by atoms with Crippen molar-refractivity contribution >= 4 is 22.1 Å². The van der Waals surface area contributed by atoms with Crippen LogP contribution in [0.1, 0.15) is 0 Å². The highest BCUT2D eigenvalue weighted by Crippen LogP contribution is 1.96. The first kappa shape index (κ1) is 10.2. The van der Waals surface area contributed by atoms with Crippen LogP contribution in [0.15, 0.2) is 0 Å². The van der Waals surface area contributed by atoms with Gasteiger partial charge in [0.25, 0.3) is 0 Å². The Balaban J connectivity index is 3.75. The van der Waals surface area contributed by atoms with Crippen molar-refractivity contribution in [3.05, 3.63) is 0 Å². The van der Waals surface area contributed by atoms with Gasteiger partial charge in [0.2, 0.25) is 0 Å². The maximum atomic E-state index is 10.3. The molecule has 0 aromatic rings. The first-order valence-corrected chi connectivity index (χ1v) is 5.45. The summed E-state index contributed by atoms with van der Waals surface area (Å²) in [4.78, 5) is 0. The molecule has 6 heteroatoms. The lowest BCUT2D eigenvalue weighted by atomic mass is 10.8. The number of thioether (sulfide) groups is 1. The molecule has 0 rings (SSSR count). The van der Waals surface area contributed by atoms with Gasteiger partial charge in [-0.05, 0) is 6.26 Å². The third kappa shape index (κ3) is 4.10. The Morgan fingerprint density at radius 2 is 2.10 bits per heavy atom. The van der Waals surface area contributed by atoms with Gasteiger partial charge in [0.15, 0.2) is 0 Å². The molecule has 0 fully saturated rings. The van der Waals surface area contributed by atoms with E-state index in [-0.39, 0.29) is 0 Å². The number of hydrogen-bond donors (Lipinski definition) is 1. The van der Waals surface area contributed by atoms with Crippen molar-refractivity contribution in [3.8, 4) is 0 Å². The van der Waals surface area contributed by atoms with Crippen molar-refractivity contribution < 1.29 is 13.0 Å². The fraction of sp³-hybridized carbons (Fsp3) is 1.00. The van der Waals surface area contributed by atoms with Crippen molar-refractivity contribution in [2.75, 3.05) is 25.6 Å². The Bertz CT molecular complexity index is 177. The highest BCUT2D eigenvalue weighted by Gasteiger charge is 2.11. The van der Waals surface area contributed by atoms with Crippen LogP contribution < -0.4 is 0 Å². The van der Waals surface area contributed by atoms with E-state index in [0.29, 0.717) is 12.3 Å². The van der Waals surface area contributed by atoms with Crippen LogP contribution in [0.3, 0.4) is 0 Å². The number of rotatable bonds is 4. The van der Waals surface area contributed by atoms with Gasteiger partial charge in [-0.1, -0.05) is 0 Å². The van der Waals surface area contributed by atoms with Crippen molar-refractivity contribution in [3.63, 3.8) is 0 Å². The molecule has 0 aromatic heterocycles. The fourth-order valence-corrected chi connectivity index (χ4v) is 1.23. The van der Waals surface area contributed by atoms with Crippen LogP contribution >= 0.6 is 11.8 Å². The highest BCUT2D eigenvalue weighted by atomic mass is 32.2. The van der Waals surface area contributed by atoms with E-state index < -0.39 is 10.3 Å². The van der Waals surface area contributed by atoms with Crippen LogP contribution in [0.2, 0.25) is 0 Å². The molecular weight excluding hydrogens is 174 g/mol. The summed E-state index contributed by atoms with van der Waals surface area (Å²) in [7, 11) is -2.62. The molecule has 0 aromatic carbocycles. The lowest BCUT2D eigenvalue weighted by Crippen LogP contribution is -2.28. The largest absolute Gasteiger partial charge is 0.335 e. The summed E-state index contributed by atoms with van der Waals surface area (Å²) in [5.41, 5.74) is 0. The minimum Gasteiger partial charge on any atom is -0.273 e. The molecule has 0 aliphatic carbocycles. The molecule has 0 unspecified atom stereocenters. The summed E-state index contributed by atoms with van der Waals surface area (Å²) in [5, 5.41) is 0. The smallest absolute Gasteiger partial charge is 0.273 e. The van der Waals surface area contributed by atoms with E-state index in [0.717, 1.165) is 4.31 Å². The fourth-order valence-electron chi connectivity index (χ4n) is 0.335. The normalized spacial score (nSPS) is 12.4. The summed E-state index contributed by atoms with van der Waals surface area (Å²) >= 11 is 1.53. The van der Waals surface area contributed by atoms with E-state index in [9.17, 15) is 8.42 Å². The van der Waals surface area contributed by atoms with Gasteiger partial charge in [0.1, 0.15) is 0 Å². The first-order chi connectivity index (χ1) is 4.48. The molecule has 0 amide bonds.